The largest absolute Gasteiger partial charge is 0.508 e. The summed E-state index contributed by atoms with van der Waals surface area (Å²) in [4.78, 5) is 10.6. The molecule has 0 radical (unpaired) electrons. The minimum Gasteiger partial charge on any atom is -0.508 e. The van der Waals surface area contributed by atoms with Crippen molar-refractivity contribution in [3.63, 3.8) is 0 Å². The number of aryl methyl sites for hydroxylation is 1. The van der Waals surface area contributed by atoms with Crippen molar-refractivity contribution in [3.05, 3.63) is 74.3 Å². The summed E-state index contributed by atoms with van der Waals surface area (Å²) in [6, 6.07) is 12.5. The smallest absolute Gasteiger partial charge is 0.211 e. The molecule has 110 valence electrons. The predicted molar refractivity (Wildman–Crippen MR) is 82.6 cm³/mol. The molecule has 1 N–H and O–H groups in total. The summed E-state index contributed by atoms with van der Waals surface area (Å²) in [7, 11) is 0. The van der Waals surface area contributed by atoms with E-state index in [4.69, 9.17) is 11.6 Å². The number of hydrogen-bond donors (Lipinski definition) is 1. The first-order valence-corrected chi connectivity index (χ1v) is 6.99. The summed E-state index contributed by atoms with van der Waals surface area (Å²) in [6.45, 7) is 1.74. The normalized spacial score (nSPS) is 12.1. The summed E-state index contributed by atoms with van der Waals surface area (Å²) in [5.74, 6) is -0.375. The average Bonchev–Trinajstić information content (AvgIpc) is 2.43. The highest BCUT2D eigenvalue weighted by molar-refractivity contribution is 6.30. The standard InChI is InChI=1S/C16H16ClNO3/c1-11-2-4-12(5-3-11)8-13(10-18(20)21)15-9-14(17)6-7-16(15)19/h2-7,9,13,19H,8,10H2,1H3. The second kappa shape index (κ2) is 6.59. The van der Waals surface area contributed by atoms with Gasteiger partial charge in [-0.1, -0.05) is 41.4 Å². The maximum absolute atomic E-state index is 10.9. The summed E-state index contributed by atoms with van der Waals surface area (Å²) >= 11 is 5.94. The van der Waals surface area contributed by atoms with Gasteiger partial charge in [-0.15, -0.1) is 0 Å². The molecule has 0 fully saturated rings. The van der Waals surface area contributed by atoms with Gasteiger partial charge >= 0.3 is 0 Å². The molecule has 0 aliphatic rings. The van der Waals surface area contributed by atoms with E-state index < -0.39 is 5.92 Å². The summed E-state index contributed by atoms with van der Waals surface area (Å²) in [5, 5.41) is 21.3. The van der Waals surface area contributed by atoms with E-state index in [0.717, 1.165) is 11.1 Å². The van der Waals surface area contributed by atoms with Crippen LogP contribution in [0.1, 0.15) is 22.6 Å². The quantitative estimate of drug-likeness (QED) is 0.672. The third kappa shape index (κ3) is 4.20. The van der Waals surface area contributed by atoms with Gasteiger partial charge in [-0.25, -0.2) is 0 Å². The molecule has 2 aromatic carbocycles. The first-order chi connectivity index (χ1) is 9.95. The Morgan fingerprint density at radius 1 is 1.24 bits per heavy atom. The van der Waals surface area contributed by atoms with Crippen molar-refractivity contribution < 1.29 is 10.0 Å². The molecule has 4 nitrogen and oxygen atoms in total. The predicted octanol–water partition coefficient (Wildman–Crippen LogP) is 3.96. The Bertz CT molecular complexity index is 640. The number of nitro groups is 1. The lowest BCUT2D eigenvalue weighted by Crippen LogP contribution is -2.15. The molecule has 0 bridgehead atoms. The number of benzene rings is 2. The zero-order valence-corrected chi connectivity index (χ0v) is 12.4. The van der Waals surface area contributed by atoms with Crippen LogP contribution in [0.4, 0.5) is 0 Å². The molecule has 0 heterocycles. The number of aromatic hydroxyl groups is 1. The second-order valence-corrected chi connectivity index (χ2v) is 5.54. The molecule has 0 aliphatic heterocycles. The van der Waals surface area contributed by atoms with Crippen LogP contribution in [0.2, 0.25) is 5.02 Å². The van der Waals surface area contributed by atoms with Gasteiger partial charge in [-0.2, -0.15) is 0 Å². The van der Waals surface area contributed by atoms with Gasteiger partial charge in [0.15, 0.2) is 0 Å². The number of phenolic OH excluding ortho intramolecular Hbond substituents is 1. The van der Waals surface area contributed by atoms with Gasteiger partial charge in [0.05, 0.1) is 5.92 Å². The lowest BCUT2D eigenvalue weighted by atomic mass is 9.91. The number of halogens is 1. The van der Waals surface area contributed by atoms with Gasteiger partial charge in [-0.3, -0.25) is 10.1 Å². The van der Waals surface area contributed by atoms with E-state index in [9.17, 15) is 15.2 Å². The fraction of sp³-hybridized carbons (Fsp3) is 0.250. The van der Waals surface area contributed by atoms with Gasteiger partial charge in [0.25, 0.3) is 0 Å². The third-order valence-corrected chi connectivity index (χ3v) is 3.64. The van der Waals surface area contributed by atoms with Crippen molar-refractivity contribution in [1.29, 1.82) is 0 Å². The highest BCUT2D eigenvalue weighted by atomic mass is 35.5. The van der Waals surface area contributed by atoms with E-state index in [-0.39, 0.29) is 17.2 Å². The molecule has 0 spiro atoms. The van der Waals surface area contributed by atoms with Crippen molar-refractivity contribution in [2.75, 3.05) is 6.54 Å². The van der Waals surface area contributed by atoms with Crippen LogP contribution in [0.15, 0.2) is 42.5 Å². The van der Waals surface area contributed by atoms with E-state index in [1.54, 1.807) is 12.1 Å². The number of rotatable bonds is 5. The van der Waals surface area contributed by atoms with Crippen molar-refractivity contribution >= 4 is 11.6 Å². The summed E-state index contributed by atoms with van der Waals surface area (Å²) in [6.07, 6.45) is 0.481. The zero-order chi connectivity index (χ0) is 15.4. The van der Waals surface area contributed by atoms with Crippen molar-refractivity contribution in [1.82, 2.24) is 0 Å². The first-order valence-electron chi connectivity index (χ1n) is 6.61. The van der Waals surface area contributed by atoms with Crippen LogP contribution in [0.3, 0.4) is 0 Å². The Morgan fingerprint density at radius 2 is 1.90 bits per heavy atom. The molecule has 1 unspecified atom stereocenters. The number of nitrogens with zero attached hydrogens (tertiary/aromatic N) is 1. The maximum Gasteiger partial charge on any atom is 0.211 e. The van der Waals surface area contributed by atoms with Crippen LogP contribution in [0.5, 0.6) is 5.75 Å². The van der Waals surface area contributed by atoms with Gasteiger partial charge in [-0.05, 0) is 37.1 Å². The molecule has 21 heavy (non-hydrogen) atoms. The number of phenols is 1. The summed E-state index contributed by atoms with van der Waals surface area (Å²) < 4.78 is 0. The molecule has 0 saturated carbocycles. The molecular formula is C16H16ClNO3. The highest BCUT2D eigenvalue weighted by Gasteiger charge is 2.22. The zero-order valence-electron chi connectivity index (χ0n) is 11.6. The van der Waals surface area contributed by atoms with Gasteiger partial charge in [0, 0.05) is 15.5 Å². The Labute approximate surface area is 128 Å². The SMILES string of the molecule is Cc1ccc(CC(C[N+](=O)[O-])c2cc(Cl)ccc2O)cc1. The Morgan fingerprint density at radius 3 is 2.52 bits per heavy atom. The molecule has 0 amide bonds. The van der Waals surface area contributed by atoms with E-state index in [1.165, 1.54) is 6.07 Å². The number of hydrogen-bond acceptors (Lipinski definition) is 3. The molecule has 0 saturated heterocycles. The minimum atomic E-state index is -0.415. The van der Waals surface area contributed by atoms with Crippen LogP contribution >= 0.6 is 11.6 Å². The van der Waals surface area contributed by atoms with E-state index >= 15 is 0 Å². The molecule has 1 atom stereocenters. The minimum absolute atomic E-state index is 0.0401. The first kappa shape index (κ1) is 15.3. The highest BCUT2D eigenvalue weighted by Crippen LogP contribution is 2.31. The van der Waals surface area contributed by atoms with Crippen LogP contribution in [0.25, 0.3) is 0 Å². The van der Waals surface area contributed by atoms with E-state index in [2.05, 4.69) is 0 Å². The van der Waals surface area contributed by atoms with E-state index in [0.29, 0.717) is 17.0 Å². The second-order valence-electron chi connectivity index (χ2n) is 5.11. The third-order valence-electron chi connectivity index (χ3n) is 3.40. The monoisotopic (exact) mass is 305 g/mol. The fourth-order valence-electron chi connectivity index (χ4n) is 2.31. The Balaban J connectivity index is 2.31. The van der Waals surface area contributed by atoms with E-state index in [1.807, 2.05) is 31.2 Å². The van der Waals surface area contributed by atoms with Crippen LogP contribution < -0.4 is 0 Å². The average molecular weight is 306 g/mol. The van der Waals surface area contributed by atoms with Gasteiger partial charge in [0.2, 0.25) is 6.54 Å². The molecular weight excluding hydrogens is 290 g/mol. The van der Waals surface area contributed by atoms with Gasteiger partial charge < -0.3 is 5.11 Å². The van der Waals surface area contributed by atoms with Crippen molar-refractivity contribution in [2.45, 2.75) is 19.3 Å². The van der Waals surface area contributed by atoms with Crippen LogP contribution in [-0.2, 0) is 6.42 Å². The van der Waals surface area contributed by atoms with Gasteiger partial charge in [0.1, 0.15) is 5.75 Å². The fourth-order valence-corrected chi connectivity index (χ4v) is 2.49. The lowest BCUT2D eigenvalue weighted by Gasteiger charge is -2.15. The lowest BCUT2D eigenvalue weighted by molar-refractivity contribution is -0.483. The molecule has 0 aromatic heterocycles. The van der Waals surface area contributed by atoms with Crippen LogP contribution in [-0.4, -0.2) is 16.6 Å². The molecule has 5 heteroatoms. The van der Waals surface area contributed by atoms with Crippen molar-refractivity contribution in [2.24, 2.45) is 0 Å². The summed E-state index contributed by atoms with van der Waals surface area (Å²) in [5.41, 5.74) is 2.64. The van der Waals surface area contributed by atoms with Crippen molar-refractivity contribution in [3.8, 4) is 5.75 Å². The maximum atomic E-state index is 10.9. The molecule has 0 aliphatic carbocycles. The molecule has 2 rings (SSSR count). The molecule has 2 aromatic rings. The Hall–Kier alpha value is -2.07. The van der Waals surface area contributed by atoms with Crippen LogP contribution in [0, 0.1) is 17.0 Å². The topological polar surface area (TPSA) is 63.4 Å². The Kier molecular flexibility index (Phi) is 4.81.